The first-order valence-electron chi connectivity index (χ1n) is 12.1. The maximum Gasteiger partial charge on any atom is 0.132 e. The molecule has 0 saturated heterocycles. The molecule has 0 amide bonds. The van der Waals surface area contributed by atoms with Crippen LogP contribution in [0.25, 0.3) is 0 Å². The van der Waals surface area contributed by atoms with Crippen molar-refractivity contribution in [3.63, 3.8) is 0 Å². The second-order valence-corrected chi connectivity index (χ2v) is 9.92. The third-order valence-corrected chi connectivity index (χ3v) is 8.06. The smallest absolute Gasteiger partial charge is 0.132 e. The highest BCUT2D eigenvalue weighted by Crippen LogP contribution is 2.57. The van der Waals surface area contributed by atoms with E-state index in [0.717, 1.165) is 12.2 Å². The maximum atomic E-state index is 4.85. The zero-order valence-corrected chi connectivity index (χ0v) is 21.7. The van der Waals surface area contributed by atoms with Gasteiger partial charge in [0.15, 0.2) is 0 Å². The molecule has 2 heterocycles. The molecule has 2 heteroatoms. The number of anilines is 1. The zero-order valence-electron chi connectivity index (χ0n) is 21.7. The van der Waals surface area contributed by atoms with E-state index in [-0.39, 0.29) is 16.4 Å². The van der Waals surface area contributed by atoms with Crippen LogP contribution in [0.4, 0.5) is 5.82 Å². The number of likely N-dealkylation sites (N-methyl/N-ethyl adjacent to an activating group) is 1. The fourth-order valence-corrected chi connectivity index (χ4v) is 5.72. The van der Waals surface area contributed by atoms with E-state index in [1.165, 1.54) is 27.8 Å². The van der Waals surface area contributed by atoms with E-state index in [1.807, 2.05) is 26.1 Å². The summed E-state index contributed by atoms with van der Waals surface area (Å²) in [5.41, 5.74) is 5.81. The van der Waals surface area contributed by atoms with Gasteiger partial charge in [-0.25, -0.2) is 4.98 Å². The Balaban J connectivity index is 0.00000149. The van der Waals surface area contributed by atoms with E-state index in [1.54, 1.807) is 0 Å². The van der Waals surface area contributed by atoms with Gasteiger partial charge in [-0.2, -0.15) is 0 Å². The number of pyridine rings is 1. The van der Waals surface area contributed by atoms with Crippen molar-refractivity contribution in [2.75, 3.05) is 11.9 Å². The van der Waals surface area contributed by atoms with Crippen LogP contribution in [-0.4, -0.2) is 17.6 Å². The molecule has 1 aliphatic heterocycles. The first-order valence-corrected chi connectivity index (χ1v) is 12.1. The van der Waals surface area contributed by atoms with Crippen molar-refractivity contribution >= 4 is 5.82 Å². The number of benzene rings is 2. The number of hydrogen-bond donors (Lipinski definition) is 0. The summed E-state index contributed by atoms with van der Waals surface area (Å²) in [4.78, 5) is 7.11. The topological polar surface area (TPSA) is 16.1 Å². The molecule has 0 spiro atoms. The summed E-state index contributed by atoms with van der Waals surface area (Å²) >= 11 is 0. The highest BCUT2D eigenvalue weighted by Gasteiger charge is 2.58. The normalized spacial score (nSPS) is 20.3. The Morgan fingerprint density at radius 3 is 2.15 bits per heavy atom. The summed E-state index contributed by atoms with van der Waals surface area (Å²) in [6, 6.07) is 23.8. The summed E-state index contributed by atoms with van der Waals surface area (Å²) in [7, 11) is 2.17. The third kappa shape index (κ3) is 3.80. The Bertz CT molecular complexity index is 1110. The molecule has 0 radical (unpaired) electrons. The molecule has 0 fully saturated rings. The Kier molecular flexibility index (Phi) is 6.88. The van der Waals surface area contributed by atoms with Gasteiger partial charge in [0.2, 0.25) is 0 Å². The fraction of sp³-hybridized carbons (Fsp3) is 0.387. The molecular weight excluding hydrogens is 400 g/mol. The predicted molar refractivity (Wildman–Crippen MR) is 143 cm³/mol. The Morgan fingerprint density at radius 1 is 0.939 bits per heavy atom. The highest BCUT2D eigenvalue weighted by atomic mass is 15.3. The molecule has 3 aromatic rings. The minimum absolute atomic E-state index is 0.136. The number of rotatable bonds is 5. The molecule has 2 atom stereocenters. The second-order valence-electron chi connectivity index (χ2n) is 9.92. The summed E-state index contributed by atoms with van der Waals surface area (Å²) in [6.45, 7) is 20.5. The number of hydrogen-bond acceptors (Lipinski definition) is 2. The average Bonchev–Trinajstić information content (AvgIpc) is 2.99. The minimum Gasteiger partial charge on any atom is -0.349 e. The summed E-state index contributed by atoms with van der Waals surface area (Å²) < 4.78 is 0. The van der Waals surface area contributed by atoms with Gasteiger partial charge in [0.05, 0.1) is 5.54 Å². The Morgan fingerprint density at radius 2 is 1.55 bits per heavy atom. The van der Waals surface area contributed by atoms with Crippen LogP contribution in [0.5, 0.6) is 0 Å². The largest absolute Gasteiger partial charge is 0.349 e. The lowest BCUT2D eigenvalue weighted by atomic mass is 9.58. The van der Waals surface area contributed by atoms with Crippen molar-refractivity contribution in [1.82, 2.24) is 4.98 Å². The lowest BCUT2D eigenvalue weighted by Crippen LogP contribution is -2.57. The molecule has 1 aliphatic rings. The average molecular weight is 441 g/mol. The monoisotopic (exact) mass is 440 g/mol. The fourth-order valence-electron chi connectivity index (χ4n) is 5.72. The molecule has 0 saturated carbocycles. The van der Waals surface area contributed by atoms with Crippen LogP contribution in [0.1, 0.15) is 63.8 Å². The van der Waals surface area contributed by atoms with Crippen molar-refractivity contribution in [1.29, 1.82) is 0 Å². The quantitative estimate of drug-likeness (QED) is 0.379. The SMILES string of the molecule is C=C(C(C)(Cc1ccccc1)c1ccccc1C)C1(C)N(C)c2ncccc2C1(C)C.CC. The summed E-state index contributed by atoms with van der Waals surface area (Å²) in [6.07, 6.45) is 2.80. The Hall–Kier alpha value is -2.87. The van der Waals surface area contributed by atoms with E-state index in [2.05, 4.69) is 107 Å². The van der Waals surface area contributed by atoms with E-state index in [4.69, 9.17) is 11.6 Å². The van der Waals surface area contributed by atoms with Gasteiger partial charge < -0.3 is 4.90 Å². The zero-order chi connectivity index (χ0) is 24.4. The molecule has 2 aromatic carbocycles. The van der Waals surface area contributed by atoms with E-state index < -0.39 is 0 Å². The number of aryl methyl sites for hydroxylation is 1. The van der Waals surface area contributed by atoms with E-state index >= 15 is 0 Å². The molecule has 2 unspecified atom stereocenters. The lowest BCUT2D eigenvalue weighted by Gasteiger charge is -2.51. The highest BCUT2D eigenvalue weighted by molar-refractivity contribution is 5.66. The molecular formula is C31H40N2. The van der Waals surface area contributed by atoms with Crippen LogP contribution in [0, 0.1) is 6.92 Å². The van der Waals surface area contributed by atoms with Gasteiger partial charge in [-0.3, -0.25) is 0 Å². The molecule has 2 nitrogen and oxygen atoms in total. The van der Waals surface area contributed by atoms with Crippen LogP contribution in [0.15, 0.2) is 85.1 Å². The van der Waals surface area contributed by atoms with Gasteiger partial charge in [-0.1, -0.05) is 102 Å². The molecule has 0 bridgehead atoms. The number of aromatic nitrogens is 1. The molecule has 174 valence electrons. The molecule has 33 heavy (non-hydrogen) atoms. The van der Waals surface area contributed by atoms with Crippen LogP contribution in [-0.2, 0) is 17.3 Å². The van der Waals surface area contributed by atoms with Crippen molar-refractivity contribution in [3.05, 3.63) is 107 Å². The van der Waals surface area contributed by atoms with Crippen LogP contribution in [0.3, 0.4) is 0 Å². The van der Waals surface area contributed by atoms with Gasteiger partial charge >= 0.3 is 0 Å². The van der Waals surface area contributed by atoms with Gasteiger partial charge in [0.25, 0.3) is 0 Å². The maximum absolute atomic E-state index is 4.85. The van der Waals surface area contributed by atoms with Crippen LogP contribution >= 0.6 is 0 Å². The van der Waals surface area contributed by atoms with Crippen LogP contribution < -0.4 is 4.90 Å². The third-order valence-electron chi connectivity index (χ3n) is 8.06. The van der Waals surface area contributed by atoms with Crippen molar-refractivity contribution in [3.8, 4) is 0 Å². The van der Waals surface area contributed by atoms with Gasteiger partial charge in [-0.05, 0) is 48.6 Å². The van der Waals surface area contributed by atoms with Crippen molar-refractivity contribution in [2.45, 2.75) is 71.3 Å². The molecule has 0 aliphatic carbocycles. The van der Waals surface area contributed by atoms with Gasteiger partial charge in [0, 0.05) is 29.6 Å². The Labute approximate surface area is 201 Å². The van der Waals surface area contributed by atoms with Gasteiger partial charge in [0.1, 0.15) is 5.82 Å². The van der Waals surface area contributed by atoms with Crippen molar-refractivity contribution < 1.29 is 0 Å². The first-order chi connectivity index (χ1) is 15.6. The number of fused-ring (bicyclic) bond motifs is 1. The first kappa shape index (κ1) is 24.8. The minimum atomic E-state index is -0.296. The predicted octanol–water partition coefficient (Wildman–Crippen LogP) is 7.66. The van der Waals surface area contributed by atoms with E-state index in [0.29, 0.717) is 0 Å². The summed E-state index contributed by atoms with van der Waals surface area (Å²) in [5.74, 6) is 1.06. The standard InChI is InChI=1S/C29H34N2.C2H6/c1-21-14-11-12-17-24(21)28(5,20-23-15-9-8-10-16-23)22(2)29(6)27(3,4)25-18-13-19-30-26(25)31(29)7;1-2/h8-19H,2,20H2,1,3-7H3;1-2H3. The number of nitrogens with zero attached hydrogens (tertiary/aromatic N) is 2. The molecule has 4 rings (SSSR count). The molecule has 1 aromatic heterocycles. The van der Waals surface area contributed by atoms with Crippen molar-refractivity contribution in [2.24, 2.45) is 0 Å². The molecule has 0 N–H and O–H groups in total. The van der Waals surface area contributed by atoms with E-state index in [9.17, 15) is 0 Å². The lowest BCUT2D eigenvalue weighted by molar-refractivity contribution is 0.303. The van der Waals surface area contributed by atoms with Gasteiger partial charge in [-0.15, -0.1) is 0 Å². The van der Waals surface area contributed by atoms with Crippen LogP contribution in [0.2, 0.25) is 0 Å². The second kappa shape index (κ2) is 9.17. The summed E-state index contributed by atoms with van der Waals surface area (Å²) in [5, 5.41) is 0.